The van der Waals surface area contributed by atoms with E-state index in [0.29, 0.717) is 17.5 Å². The fourth-order valence-corrected chi connectivity index (χ4v) is 9.35. The lowest BCUT2D eigenvalue weighted by Crippen LogP contribution is -2.03. The Bertz CT molecular complexity index is 3620. The Balaban J connectivity index is 1.10. The van der Waals surface area contributed by atoms with Crippen molar-refractivity contribution in [2.24, 2.45) is 0 Å². The van der Waals surface area contributed by atoms with E-state index in [1.54, 1.807) is 0 Å². The van der Waals surface area contributed by atoms with Gasteiger partial charge in [0.1, 0.15) is 0 Å². The van der Waals surface area contributed by atoms with Crippen LogP contribution in [0.1, 0.15) is 5.56 Å². The van der Waals surface area contributed by atoms with E-state index in [1.807, 2.05) is 6.07 Å². The first-order valence-electron chi connectivity index (χ1n) is 21.4. The summed E-state index contributed by atoms with van der Waals surface area (Å²) in [6.45, 7) is 2.10. The molecular formula is C58H39N5. The van der Waals surface area contributed by atoms with E-state index in [2.05, 4.69) is 228 Å². The number of fused-ring (bicyclic) bond motifs is 6. The van der Waals surface area contributed by atoms with Gasteiger partial charge in [-0.2, -0.15) is 0 Å². The highest BCUT2D eigenvalue weighted by Crippen LogP contribution is 2.42. The number of nitrogens with zero attached hydrogens (tertiary/aromatic N) is 5. The summed E-state index contributed by atoms with van der Waals surface area (Å²) in [5.74, 6) is 1.85. The van der Waals surface area contributed by atoms with Gasteiger partial charge in [-0.1, -0.05) is 175 Å². The Morgan fingerprint density at radius 1 is 0.317 bits per heavy atom. The van der Waals surface area contributed by atoms with Crippen LogP contribution in [0.2, 0.25) is 0 Å². The third-order valence-corrected chi connectivity index (χ3v) is 12.2. The minimum absolute atomic E-state index is 0.607. The highest BCUT2D eigenvalue weighted by molar-refractivity contribution is 6.16. The third kappa shape index (κ3) is 6.21. The van der Waals surface area contributed by atoms with Crippen LogP contribution in [-0.2, 0) is 0 Å². The highest BCUT2D eigenvalue weighted by atomic mass is 15.0. The Hall–Kier alpha value is -8.41. The van der Waals surface area contributed by atoms with Crippen molar-refractivity contribution in [2.45, 2.75) is 6.92 Å². The molecule has 0 amide bonds. The highest BCUT2D eigenvalue weighted by Gasteiger charge is 2.22. The number of rotatable bonds is 7. The maximum absolute atomic E-state index is 5.33. The van der Waals surface area contributed by atoms with E-state index in [0.717, 1.165) is 66.9 Å². The Morgan fingerprint density at radius 3 is 1.51 bits per heavy atom. The quantitative estimate of drug-likeness (QED) is 0.161. The summed E-state index contributed by atoms with van der Waals surface area (Å²) < 4.78 is 4.82. The molecule has 12 rings (SSSR count). The molecule has 63 heavy (non-hydrogen) atoms. The van der Waals surface area contributed by atoms with Crippen molar-refractivity contribution < 1.29 is 0 Å². The van der Waals surface area contributed by atoms with Crippen LogP contribution in [0.3, 0.4) is 0 Å². The summed E-state index contributed by atoms with van der Waals surface area (Å²) in [5.41, 5.74) is 15.1. The van der Waals surface area contributed by atoms with Crippen molar-refractivity contribution >= 4 is 43.6 Å². The largest absolute Gasteiger partial charge is 0.309 e. The van der Waals surface area contributed by atoms with Crippen LogP contribution in [0.5, 0.6) is 0 Å². The second-order valence-corrected chi connectivity index (χ2v) is 16.1. The van der Waals surface area contributed by atoms with Crippen molar-refractivity contribution in [3.05, 3.63) is 224 Å². The molecule has 0 bridgehead atoms. The van der Waals surface area contributed by atoms with Gasteiger partial charge in [0.2, 0.25) is 0 Å². The fraction of sp³-hybridized carbons (Fsp3) is 0.0172. The van der Waals surface area contributed by atoms with Crippen molar-refractivity contribution in [3.63, 3.8) is 0 Å². The monoisotopic (exact) mass is 805 g/mol. The topological polar surface area (TPSA) is 48.5 Å². The number of hydrogen-bond acceptors (Lipinski definition) is 3. The molecule has 0 unspecified atom stereocenters. The van der Waals surface area contributed by atoms with E-state index < -0.39 is 0 Å². The Morgan fingerprint density at radius 2 is 0.825 bits per heavy atom. The zero-order valence-electron chi connectivity index (χ0n) is 34.5. The Kier molecular flexibility index (Phi) is 8.64. The summed E-state index contributed by atoms with van der Waals surface area (Å²) in [4.78, 5) is 15.8. The van der Waals surface area contributed by atoms with Crippen molar-refractivity contribution in [1.29, 1.82) is 0 Å². The molecule has 12 aromatic rings. The average molecular weight is 806 g/mol. The normalized spacial score (nSPS) is 11.6. The molecule has 296 valence electrons. The predicted molar refractivity (Wildman–Crippen MR) is 260 cm³/mol. The van der Waals surface area contributed by atoms with Crippen molar-refractivity contribution in [1.82, 2.24) is 24.1 Å². The van der Waals surface area contributed by atoms with E-state index in [1.165, 1.54) is 32.6 Å². The van der Waals surface area contributed by atoms with E-state index in [9.17, 15) is 0 Å². The molecule has 3 heterocycles. The van der Waals surface area contributed by atoms with Crippen molar-refractivity contribution in [3.8, 4) is 67.8 Å². The molecular weight excluding hydrogens is 767 g/mol. The van der Waals surface area contributed by atoms with Gasteiger partial charge >= 0.3 is 0 Å². The summed E-state index contributed by atoms with van der Waals surface area (Å²) in [7, 11) is 0. The molecule has 0 N–H and O–H groups in total. The summed E-state index contributed by atoms with van der Waals surface area (Å²) in [6.07, 6.45) is 0. The van der Waals surface area contributed by atoms with Crippen LogP contribution in [0.4, 0.5) is 0 Å². The third-order valence-electron chi connectivity index (χ3n) is 12.2. The van der Waals surface area contributed by atoms with Crippen LogP contribution in [0.25, 0.3) is 111 Å². The SMILES string of the molecule is Cc1cccc(-c2nc(-c3ccc(-c4ccccc4)cc3)nc(-c3cc(-n4c5ccccc5c5c(-n6c7ccccc7c7ccccc76)cccc54)ccc3-c3ccccc3)n2)c1. The van der Waals surface area contributed by atoms with Gasteiger partial charge in [-0.3, -0.25) is 0 Å². The second kappa shape index (κ2) is 14.9. The van der Waals surface area contributed by atoms with E-state index in [4.69, 9.17) is 15.0 Å². The molecule has 0 saturated carbocycles. The number of benzene rings is 9. The zero-order chi connectivity index (χ0) is 41.9. The minimum Gasteiger partial charge on any atom is -0.309 e. The molecule has 0 fully saturated rings. The van der Waals surface area contributed by atoms with Gasteiger partial charge < -0.3 is 9.13 Å². The maximum Gasteiger partial charge on any atom is 0.164 e. The van der Waals surface area contributed by atoms with Crippen LogP contribution in [0, 0.1) is 6.92 Å². The second-order valence-electron chi connectivity index (χ2n) is 16.1. The smallest absolute Gasteiger partial charge is 0.164 e. The first kappa shape index (κ1) is 36.4. The van der Waals surface area contributed by atoms with E-state index >= 15 is 0 Å². The van der Waals surface area contributed by atoms with Crippen LogP contribution < -0.4 is 0 Å². The summed E-state index contributed by atoms with van der Waals surface area (Å²) >= 11 is 0. The molecule has 5 nitrogen and oxygen atoms in total. The number of aryl methyl sites for hydroxylation is 1. The van der Waals surface area contributed by atoms with Gasteiger partial charge in [0.25, 0.3) is 0 Å². The zero-order valence-corrected chi connectivity index (χ0v) is 34.5. The van der Waals surface area contributed by atoms with Gasteiger partial charge in [-0.25, -0.2) is 15.0 Å². The molecule has 0 saturated heterocycles. The first-order valence-corrected chi connectivity index (χ1v) is 21.4. The predicted octanol–water partition coefficient (Wildman–Crippen LogP) is 14.7. The van der Waals surface area contributed by atoms with Crippen LogP contribution in [-0.4, -0.2) is 24.1 Å². The number of hydrogen-bond donors (Lipinski definition) is 0. The summed E-state index contributed by atoms with van der Waals surface area (Å²) in [5, 5.41) is 4.85. The molecule has 0 aliphatic carbocycles. The maximum atomic E-state index is 5.33. The average Bonchev–Trinajstić information content (AvgIpc) is 3.87. The molecule has 0 radical (unpaired) electrons. The fourth-order valence-electron chi connectivity index (χ4n) is 9.35. The first-order chi connectivity index (χ1) is 31.2. The van der Waals surface area contributed by atoms with E-state index in [-0.39, 0.29) is 0 Å². The van der Waals surface area contributed by atoms with Gasteiger partial charge in [0, 0.05) is 43.9 Å². The molecule has 0 aliphatic rings. The standard InChI is InChI=1S/C58H39N5/c1-38-16-14-21-43(36-38)57-59-56(42-32-30-40(31-33-42)39-17-4-2-5-18-39)60-58(61-57)49-37-44(34-35-45(49)41-19-6-3-7-20-41)62-52-27-13-10-24-48(52)55-53(62)28-15-29-54(55)63-50-25-11-8-22-46(50)47-23-9-12-26-51(47)63/h2-37H,1H3. The lowest BCUT2D eigenvalue weighted by Gasteiger charge is -2.16. The molecule has 0 aliphatic heterocycles. The molecule has 3 aromatic heterocycles. The molecule has 5 heteroatoms. The molecule has 0 atom stereocenters. The van der Waals surface area contributed by atoms with Crippen LogP contribution in [0.15, 0.2) is 218 Å². The summed E-state index contributed by atoms with van der Waals surface area (Å²) in [6, 6.07) is 77.5. The number of aromatic nitrogens is 5. The number of para-hydroxylation sites is 3. The lowest BCUT2D eigenvalue weighted by molar-refractivity contribution is 1.07. The lowest BCUT2D eigenvalue weighted by atomic mass is 9.98. The van der Waals surface area contributed by atoms with Gasteiger partial charge in [-0.05, 0) is 77.7 Å². The Labute approximate surface area is 364 Å². The van der Waals surface area contributed by atoms with Gasteiger partial charge in [0.15, 0.2) is 17.5 Å². The minimum atomic E-state index is 0.607. The van der Waals surface area contributed by atoms with Gasteiger partial charge in [-0.15, -0.1) is 0 Å². The van der Waals surface area contributed by atoms with Gasteiger partial charge in [0.05, 0.1) is 27.8 Å². The van der Waals surface area contributed by atoms with Crippen LogP contribution >= 0.6 is 0 Å². The molecule has 0 spiro atoms. The van der Waals surface area contributed by atoms with Crippen molar-refractivity contribution in [2.75, 3.05) is 0 Å². The molecule has 9 aromatic carbocycles.